The van der Waals surface area contributed by atoms with Gasteiger partial charge in [-0.15, -0.1) is 0 Å². The van der Waals surface area contributed by atoms with Crippen LogP contribution in [0.25, 0.3) is 0 Å². The third-order valence-electron chi connectivity index (χ3n) is 5.42. The van der Waals surface area contributed by atoms with E-state index in [0.717, 1.165) is 47.4 Å². The van der Waals surface area contributed by atoms with E-state index in [9.17, 15) is 19.7 Å². The van der Waals surface area contributed by atoms with Crippen molar-refractivity contribution in [3.63, 3.8) is 0 Å². The minimum Gasteiger partial charge on any atom is -0.378 e. The molecule has 0 bridgehead atoms. The average molecular weight is 411 g/mol. The summed E-state index contributed by atoms with van der Waals surface area (Å²) in [6, 6.07) is 12.4. The Morgan fingerprint density at radius 1 is 1.07 bits per heavy atom. The molecule has 0 spiro atoms. The average Bonchev–Trinajstić information content (AvgIpc) is 2.99. The number of nitrogens with zero attached hydrogens (tertiary/aromatic N) is 3. The number of carbonyl (C=O) groups is 2. The molecular weight excluding hydrogens is 388 g/mol. The molecule has 2 aliphatic heterocycles. The smallest absolute Gasteiger partial charge is 0.282 e. The number of amides is 2. The Morgan fingerprint density at radius 3 is 2.43 bits per heavy atom. The number of benzene rings is 2. The molecule has 2 aromatic carbocycles. The number of nitrogens with one attached hydrogen (secondary N) is 1. The van der Waals surface area contributed by atoms with E-state index in [1.165, 1.54) is 18.2 Å². The van der Waals surface area contributed by atoms with E-state index >= 15 is 0 Å². The van der Waals surface area contributed by atoms with Gasteiger partial charge in [0.15, 0.2) is 6.67 Å². The van der Waals surface area contributed by atoms with Crippen LogP contribution in [-0.2, 0) is 11.3 Å². The predicted octanol–water partition coefficient (Wildman–Crippen LogP) is 0.700. The van der Waals surface area contributed by atoms with Crippen LogP contribution >= 0.6 is 0 Å². The maximum atomic E-state index is 12.7. The van der Waals surface area contributed by atoms with Crippen LogP contribution in [0.2, 0.25) is 0 Å². The van der Waals surface area contributed by atoms with Gasteiger partial charge in [0, 0.05) is 30.4 Å². The van der Waals surface area contributed by atoms with Crippen molar-refractivity contribution in [3.05, 3.63) is 69.3 Å². The molecule has 30 heavy (non-hydrogen) atoms. The zero-order valence-electron chi connectivity index (χ0n) is 16.7. The van der Waals surface area contributed by atoms with E-state index in [2.05, 4.69) is 17.0 Å². The van der Waals surface area contributed by atoms with Crippen molar-refractivity contribution in [2.24, 2.45) is 0 Å². The predicted molar refractivity (Wildman–Crippen MR) is 109 cm³/mol. The first-order valence-electron chi connectivity index (χ1n) is 9.82. The fourth-order valence-electron chi connectivity index (χ4n) is 3.93. The van der Waals surface area contributed by atoms with Crippen LogP contribution in [0.4, 0.5) is 11.4 Å². The van der Waals surface area contributed by atoms with Crippen molar-refractivity contribution >= 4 is 23.2 Å². The molecule has 0 radical (unpaired) electrons. The van der Waals surface area contributed by atoms with Crippen molar-refractivity contribution in [2.45, 2.75) is 6.54 Å². The van der Waals surface area contributed by atoms with E-state index in [-0.39, 0.29) is 23.5 Å². The SMILES string of the molecule is C[NH+](Cc1ccc(N2CCOCC2)cc1)CN1C(=O)c2cccc([N+](=O)[O-])c2C1=O. The lowest BCUT2D eigenvalue weighted by atomic mass is 10.1. The maximum Gasteiger partial charge on any atom is 0.282 e. The van der Waals surface area contributed by atoms with E-state index in [1.807, 2.05) is 19.2 Å². The highest BCUT2D eigenvalue weighted by Gasteiger charge is 2.42. The highest BCUT2D eigenvalue weighted by Crippen LogP contribution is 2.30. The van der Waals surface area contributed by atoms with Gasteiger partial charge in [-0.05, 0) is 18.2 Å². The molecular formula is C21H23N4O5+. The first-order valence-corrected chi connectivity index (χ1v) is 9.82. The van der Waals surface area contributed by atoms with Crippen LogP contribution in [0.15, 0.2) is 42.5 Å². The second kappa shape index (κ2) is 8.21. The fraction of sp³-hybridized carbons (Fsp3) is 0.333. The second-order valence-corrected chi connectivity index (χ2v) is 7.55. The molecule has 2 amide bonds. The van der Waals surface area contributed by atoms with Crippen LogP contribution in [0, 0.1) is 10.1 Å². The molecule has 0 aromatic heterocycles. The Bertz CT molecular complexity index is 985. The molecule has 1 N–H and O–H groups in total. The molecule has 156 valence electrons. The molecule has 2 aromatic rings. The summed E-state index contributed by atoms with van der Waals surface area (Å²) in [7, 11) is 1.88. The van der Waals surface area contributed by atoms with Crippen molar-refractivity contribution < 1.29 is 24.1 Å². The molecule has 0 saturated carbocycles. The monoisotopic (exact) mass is 411 g/mol. The Kier molecular flexibility index (Phi) is 5.47. The lowest BCUT2D eigenvalue weighted by molar-refractivity contribution is -0.901. The lowest BCUT2D eigenvalue weighted by Crippen LogP contribution is -3.09. The number of nitro benzene ring substituents is 1. The number of ether oxygens (including phenoxy) is 1. The van der Waals surface area contributed by atoms with Gasteiger partial charge in [0.25, 0.3) is 17.5 Å². The molecule has 0 aliphatic carbocycles. The molecule has 9 heteroatoms. The zero-order valence-corrected chi connectivity index (χ0v) is 16.7. The molecule has 2 aliphatic rings. The number of fused-ring (bicyclic) bond motifs is 1. The topological polar surface area (TPSA) is 97.4 Å². The third kappa shape index (κ3) is 3.77. The van der Waals surface area contributed by atoms with Crippen molar-refractivity contribution in [2.75, 3.05) is 44.9 Å². The largest absolute Gasteiger partial charge is 0.378 e. The normalized spacial score (nSPS) is 17.2. The highest BCUT2D eigenvalue weighted by atomic mass is 16.6. The lowest BCUT2D eigenvalue weighted by Gasteiger charge is -2.29. The Morgan fingerprint density at radius 2 is 1.77 bits per heavy atom. The summed E-state index contributed by atoms with van der Waals surface area (Å²) < 4.78 is 5.38. The second-order valence-electron chi connectivity index (χ2n) is 7.55. The standard InChI is InChI=1S/C21H22N4O5/c1-22(13-15-5-7-16(8-6-15)23-9-11-30-12-10-23)14-24-20(26)17-3-2-4-18(25(28)29)19(17)21(24)27/h2-8H,9-14H2,1H3/p+1. The summed E-state index contributed by atoms with van der Waals surface area (Å²) >= 11 is 0. The summed E-state index contributed by atoms with van der Waals surface area (Å²) in [4.78, 5) is 40.3. The van der Waals surface area contributed by atoms with Gasteiger partial charge in [-0.1, -0.05) is 18.2 Å². The quantitative estimate of drug-likeness (QED) is 0.427. The van der Waals surface area contributed by atoms with E-state index < -0.39 is 16.7 Å². The number of carbonyl (C=O) groups excluding carboxylic acids is 2. The number of nitro groups is 1. The Labute approximate surface area is 173 Å². The van der Waals surface area contributed by atoms with Gasteiger partial charge >= 0.3 is 0 Å². The molecule has 1 saturated heterocycles. The minimum absolute atomic E-state index is 0.0943. The number of quaternary nitrogens is 1. The van der Waals surface area contributed by atoms with Gasteiger partial charge in [-0.2, -0.15) is 0 Å². The molecule has 4 rings (SSSR count). The summed E-state index contributed by atoms with van der Waals surface area (Å²) in [6.45, 7) is 3.94. The van der Waals surface area contributed by atoms with Gasteiger partial charge in [0.2, 0.25) is 0 Å². The van der Waals surface area contributed by atoms with Gasteiger partial charge in [-0.3, -0.25) is 19.7 Å². The highest BCUT2D eigenvalue weighted by molar-refractivity contribution is 6.23. The minimum atomic E-state index is -0.625. The van der Waals surface area contributed by atoms with E-state index in [0.29, 0.717) is 6.54 Å². The van der Waals surface area contributed by atoms with Crippen molar-refractivity contribution in [3.8, 4) is 0 Å². The number of hydrogen-bond acceptors (Lipinski definition) is 6. The van der Waals surface area contributed by atoms with Crippen molar-refractivity contribution in [1.29, 1.82) is 0 Å². The molecule has 1 fully saturated rings. The number of morpholine rings is 1. The fourth-order valence-corrected chi connectivity index (χ4v) is 3.93. The van der Waals surface area contributed by atoms with E-state index in [4.69, 9.17) is 4.74 Å². The van der Waals surface area contributed by atoms with Crippen molar-refractivity contribution in [1.82, 2.24) is 4.90 Å². The molecule has 2 heterocycles. The first-order chi connectivity index (χ1) is 14.5. The van der Waals surface area contributed by atoms with Gasteiger partial charge < -0.3 is 14.5 Å². The van der Waals surface area contributed by atoms with Crippen LogP contribution in [0.1, 0.15) is 26.3 Å². The first kappa shape index (κ1) is 20.0. The Balaban J connectivity index is 1.42. The van der Waals surface area contributed by atoms with Crippen LogP contribution < -0.4 is 9.80 Å². The maximum absolute atomic E-state index is 12.7. The van der Waals surface area contributed by atoms with Crippen LogP contribution in [0.3, 0.4) is 0 Å². The third-order valence-corrected chi connectivity index (χ3v) is 5.42. The number of rotatable bonds is 6. The van der Waals surface area contributed by atoms with Crippen LogP contribution in [0.5, 0.6) is 0 Å². The molecule has 1 atom stereocenters. The summed E-state index contributed by atoms with van der Waals surface area (Å²) in [5, 5.41) is 11.2. The summed E-state index contributed by atoms with van der Waals surface area (Å²) in [5.74, 6) is -1.09. The molecule has 9 nitrogen and oxygen atoms in total. The summed E-state index contributed by atoms with van der Waals surface area (Å²) in [6.07, 6.45) is 0. The Hall–Kier alpha value is -3.30. The van der Waals surface area contributed by atoms with Gasteiger partial charge in [-0.25, -0.2) is 4.90 Å². The zero-order chi connectivity index (χ0) is 21.3. The van der Waals surface area contributed by atoms with Gasteiger partial charge in [0.1, 0.15) is 12.1 Å². The number of hydrogen-bond donors (Lipinski definition) is 1. The number of anilines is 1. The van der Waals surface area contributed by atoms with Crippen LogP contribution in [-0.4, -0.2) is 61.7 Å². The van der Waals surface area contributed by atoms with E-state index in [1.54, 1.807) is 0 Å². The summed E-state index contributed by atoms with van der Waals surface area (Å²) in [5.41, 5.74) is 1.87. The number of imide groups is 1. The molecule has 1 unspecified atom stereocenters. The van der Waals surface area contributed by atoms with Gasteiger partial charge in [0.05, 0.1) is 30.7 Å².